The molecule has 2 aromatic rings. The number of aryl methyl sites for hydroxylation is 2. The number of Topliss-reactive ketones (excluding diaryl/α,β-unsaturated/α-hetero) is 1. The second kappa shape index (κ2) is 7.63. The SMILES string of the molecule is O=C(CCC(=O)c1ccc(Cl)cc1)Oc1ccc2c(c1)CCCC2. The lowest BCUT2D eigenvalue weighted by atomic mass is 9.92. The van der Waals surface area contributed by atoms with E-state index in [4.69, 9.17) is 16.3 Å². The molecule has 3 nitrogen and oxygen atoms in total. The van der Waals surface area contributed by atoms with Gasteiger partial charge < -0.3 is 4.74 Å². The molecule has 0 bridgehead atoms. The second-order valence-electron chi connectivity index (χ2n) is 6.04. The molecule has 0 fully saturated rings. The van der Waals surface area contributed by atoms with Crippen molar-refractivity contribution in [3.63, 3.8) is 0 Å². The summed E-state index contributed by atoms with van der Waals surface area (Å²) in [5, 5.41) is 0.582. The van der Waals surface area contributed by atoms with Gasteiger partial charge in [-0.3, -0.25) is 9.59 Å². The van der Waals surface area contributed by atoms with E-state index in [2.05, 4.69) is 0 Å². The molecule has 0 aliphatic heterocycles. The number of fused-ring (bicyclic) bond motifs is 1. The van der Waals surface area contributed by atoms with Crippen molar-refractivity contribution in [2.24, 2.45) is 0 Å². The number of esters is 1. The van der Waals surface area contributed by atoms with Crippen molar-refractivity contribution in [1.29, 1.82) is 0 Å². The predicted octanol–water partition coefficient (Wildman–Crippen LogP) is 4.79. The number of carbonyl (C=O) groups excluding carboxylic acids is 2. The minimum atomic E-state index is -0.381. The van der Waals surface area contributed by atoms with E-state index in [1.807, 2.05) is 18.2 Å². The van der Waals surface area contributed by atoms with Crippen LogP contribution >= 0.6 is 11.6 Å². The van der Waals surface area contributed by atoms with Gasteiger partial charge in [0.25, 0.3) is 0 Å². The Bertz CT molecular complexity index is 750. The summed E-state index contributed by atoms with van der Waals surface area (Å²) >= 11 is 5.80. The fourth-order valence-electron chi connectivity index (χ4n) is 2.95. The highest BCUT2D eigenvalue weighted by Crippen LogP contribution is 2.25. The Hall–Kier alpha value is -2.13. The van der Waals surface area contributed by atoms with Crippen molar-refractivity contribution in [2.75, 3.05) is 0 Å². The molecule has 24 heavy (non-hydrogen) atoms. The third-order valence-corrected chi connectivity index (χ3v) is 4.53. The molecule has 0 saturated heterocycles. The molecule has 0 atom stereocenters. The molecule has 0 radical (unpaired) electrons. The molecule has 124 valence electrons. The molecule has 0 amide bonds. The van der Waals surface area contributed by atoms with Crippen LogP contribution in [0.5, 0.6) is 5.75 Å². The van der Waals surface area contributed by atoms with Crippen LogP contribution < -0.4 is 4.74 Å². The van der Waals surface area contributed by atoms with E-state index in [-0.39, 0.29) is 24.6 Å². The summed E-state index contributed by atoms with van der Waals surface area (Å²) in [6.45, 7) is 0. The topological polar surface area (TPSA) is 43.4 Å². The first-order chi connectivity index (χ1) is 11.6. The van der Waals surface area contributed by atoms with Crippen molar-refractivity contribution >= 4 is 23.4 Å². The van der Waals surface area contributed by atoms with Gasteiger partial charge in [-0.2, -0.15) is 0 Å². The maximum Gasteiger partial charge on any atom is 0.311 e. The van der Waals surface area contributed by atoms with Gasteiger partial charge in [-0.05, 0) is 73.2 Å². The smallest absolute Gasteiger partial charge is 0.311 e. The van der Waals surface area contributed by atoms with Gasteiger partial charge in [0.2, 0.25) is 0 Å². The van der Waals surface area contributed by atoms with Crippen LogP contribution in [0.2, 0.25) is 5.02 Å². The molecular formula is C20H19ClO3. The van der Waals surface area contributed by atoms with Gasteiger partial charge in [-0.15, -0.1) is 0 Å². The van der Waals surface area contributed by atoms with Gasteiger partial charge in [0.1, 0.15) is 5.75 Å². The Kier molecular flexibility index (Phi) is 5.31. The van der Waals surface area contributed by atoms with E-state index >= 15 is 0 Å². The molecule has 1 aliphatic carbocycles. The van der Waals surface area contributed by atoms with Gasteiger partial charge >= 0.3 is 5.97 Å². The fourth-order valence-corrected chi connectivity index (χ4v) is 3.08. The van der Waals surface area contributed by atoms with Crippen LogP contribution in [0, 0.1) is 0 Å². The summed E-state index contributed by atoms with van der Waals surface area (Å²) in [6.07, 6.45) is 4.73. The van der Waals surface area contributed by atoms with Crippen LogP contribution in [0.4, 0.5) is 0 Å². The first kappa shape index (κ1) is 16.7. The Labute approximate surface area is 146 Å². The normalized spacial score (nSPS) is 13.2. The van der Waals surface area contributed by atoms with E-state index in [0.717, 1.165) is 12.8 Å². The summed E-state index contributed by atoms with van der Waals surface area (Å²) < 4.78 is 5.37. The summed E-state index contributed by atoms with van der Waals surface area (Å²) in [5.41, 5.74) is 3.17. The maximum atomic E-state index is 12.1. The number of halogens is 1. The van der Waals surface area contributed by atoms with E-state index in [0.29, 0.717) is 16.3 Å². The lowest BCUT2D eigenvalue weighted by molar-refractivity contribution is -0.134. The third-order valence-electron chi connectivity index (χ3n) is 4.27. The molecule has 0 N–H and O–H groups in total. The third kappa shape index (κ3) is 4.24. The average Bonchev–Trinajstić information content (AvgIpc) is 2.60. The fraction of sp³-hybridized carbons (Fsp3) is 0.300. The molecule has 0 spiro atoms. The zero-order valence-corrected chi connectivity index (χ0v) is 14.1. The molecule has 1 aliphatic rings. The van der Waals surface area contributed by atoms with Crippen LogP contribution in [-0.4, -0.2) is 11.8 Å². The monoisotopic (exact) mass is 342 g/mol. The molecule has 4 heteroatoms. The van der Waals surface area contributed by atoms with Crippen LogP contribution in [0.3, 0.4) is 0 Å². The molecule has 0 aromatic heterocycles. The van der Waals surface area contributed by atoms with Gasteiger partial charge in [0.05, 0.1) is 6.42 Å². The zero-order valence-electron chi connectivity index (χ0n) is 13.4. The Morgan fingerprint density at radius 2 is 1.62 bits per heavy atom. The van der Waals surface area contributed by atoms with E-state index in [9.17, 15) is 9.59 Å². The lowest BCUT2D eigenvalue weighted by Crippen LogP contribution is -2.11. The van der Waals surface area contributed by atoms with Crippen molar-refractivity contribution < 1.29 is 14.3 Å². The number of carbonyl (C=O) groups is 2. The highest BCUT2D eigenvalue weighted by atomic mass is 35.5. The Balaban J connectivity index is 1.54. The molecule has 0 saturated carbocycles. The van der Waals surface area contributed by atoms with Crippen molar-refractivity contribution in [1.82, 2.24) is 0 Å². The van der Waals surface area contributed by atoms with Crippen LogP contribution in [0.15, 0.2) is 42.5 Å². The number of benzene rings is 2. The quantitative estimate of drug-likeness (QED) is 0.446. The summed E-state index contributed by atoms with van der Waals surface area (Å²) in [7, 11) is 0. The summed E-state index contributed by atoms with van der Waals surface area (Å²) in [5.74, 6) is 0.0988. The highest BCUT2D eigenvalue weighted by molar-refractivity contribution is 6.30. The van der Waals surface area contributed by atoms with Crippen LogP contribution in [0.1, 0.15) is 47.2 Å². The van der Waals surface area contributed by atoms with Gasteiger partial charge in [-0.25, -0.2) is 0 Å². The van der Waals surface area contributed by atoms with Crippen molar-refractivity contribution in [3.8, 4) is 5.75 Å². The number of hydrogen-bond donors (Lipinski definition) is 0. The molecule has 3 rings (SSSR count). The van der Waals surface area contributed by atoms with Gasteiger partial charge in [-0.1, -0.05) is 17.7 Å². The van der Waals surface area contributed by atoms with Crippen LogP contribution in [0.25, 0.3) is 0 Å². The number of rotatable bonds is 5. The standard InChI is InChI=1S/C20H19ClO3/c21-17-8-5-15(6-9-17)19(22)11-12-20(23)24-18-10-7-14-3-1-2-4-16(14)13-18/h5-10,13H,1-4,11-12H2. The lowest BCUT2D eigenvalue weighted by Gasteiger charge is -2.16. The van der Waals surface area contributed by atoms with E-state index < -0.39 is 0 Å². The van der Waals surface area contributed by atoms with Gasteiger partial charge in [0, 0.05) is 17.0 Å². The van der Waals surface area contributed by atoms with Crippen LogP contribution in [-0.2, 0) is 17.6 Å². The minimum Gasteiger partial charge on any atom is -0.427 e. The average molecular weight is 343 g/mol. The number of ether oxygens (including phenoxy) is 1. The summed E-state index contributed by atoms with van der Waals surface area (Å²) in [6, 6.07) is 12.5. The van der Waals surface area contributed by atoms with E-state index in [1.165, 1.54) is 24.0 Å². The molecule has 0 heterocycles. The Morgan fingerprint density at radius 1 is 0.917 bits per heavy atom. The molecular weight excluding hydrogens is 324 g/mol. The summed E-state index contributed by atoms with van der Waals surface area (Å²) in [4.78, 5) is 24.0. The number of ketones is 1. The van der Waals surface area contributed by atoms with Crippen molar-refractivity contribution in [2.45, 2.75) is 38.5 Å². The first-order valence-corrected chi connectivity index (χ1v) is 8.61. The first-order valence-electron chi connectivity index (χ1n) is 8.23. The maximum absolute atomic E-state index is 12.1. The minimum absolute atomic E-state index is 0.0680. The highest BCUT2D eigenvalue weighted by Gasteiger charge is 2.13. The second-order valence-corrected chi connectivity index (χ2v) is 6.48. The largest absolute Gasteiger partial charge is 0.427 e. The van der Waals surface area contributed by atoms with Gasteiger partial charge in [0.15, 0.2) is 5.78 Å². The number of hydrogen-bond acceptors (Lipinski definition) is 3. The van der Waals surface area contributed by atoms with E-state index in [1.54, 1.807) is 24.3 Å². The van der Waals surface area contributed by atoms with Crippen molar-refractivity contribution in [3.05, 3.63) is 64.2 Å². The Morgan fingerprint density at radius 3 is 2.38 bits per heavy atom. The molecule has 0 unspecified atom stereocenters. The predicted molar refractivity (Wildman–Crippen MR) is 93.7 cm³/mol. The molecule has 2 aromatic carbocycles. The zero-order chi connectivity index (χ0) is 16.9.